The van der Waals surface area contributed by atoms with Crippen molar-refractivity contribution in [2.24, 2.45) is 0 Å². The average Bonchev–Trinajstić information content (AvgIpc) is 2.45. The Balaban J connectivity index is 2.29. The molecule has 16 heavy (non-hydrogen) atoms. The summed E-state index contributed by atoms with van der Waals surface area (Å²) in [4.78, 5) is 22.0. The first-order chi connectivity index (χ1) is 7.59. The van der Waals surface area contributed by atoms with Crippen molar-refractivity contribution >= 4 is 12.0 Å². The summed E-state index contributed by atoms with van der Waals surface area (Å²) in [7, 11) is 0. The van der Waals surface area contributed by atoms with Crippen molar-refractivity contribution in [1.82, 2.24) is 10.6 Å². The average molecular weight is 228 g/mol. The van der Waals surface area contributed by atoms with Crippen LogP contribution in [0.2, 0.25) is 0 Å². The van der Waals surface area contributed by atoms with Crippen LogP contribution in [-0.4, -0.2) is 29.2 Å². The first-order valence-corrected chi connectivity index (χ1v) is 5.89. The van der Waals surface area contributed by atoms with Gasteiger partial charge in [-0.2, -0.15) is 0 Å². The lowest BCUT2D eigenvalue weighted by Crippen LogP contribution is -2.47. The molecule has 2 amide bonds. The van der Waals surface area contributed by atoms with E-state index in [9.17, 15) is 9.59 Å². The predicted octanol–water partition coefficient (Wildman–Crippen LogP) is 1.48. The topological polar surface area (TPSA) is 78.4 Å². The highest BCUT2D eigenvalue weighted by molar-refractivity contribution is 5.82. The maximum atomic E-state index is 11.5. The van der Waals surface area contributed by atoms with Crippen molar-refractivity contribution in [3.05, 3.63) is 0 Å². The van der Waals surface area contributed by atoms with Gasteiger partial charge in [0, 0.05) is 6.04 Å². The molecule has 0 unspecified atom stereocenters. The van der Waals surface area contributed by atoms with Gasteiger partial charge in [0.1, 0.15) is 6.04 Å². The highest BCUT2D eigenvalue weighted by Gasteiger charge is 2.17. The fourth-order valence-corrected chi connectivity index (χ4v) is 1.91. The number of carboxylic acids is 1. The summed E-state index contributed by atoms with van der Waals surface area (Å²) in [6.07, 6.45) is 6.72. The minimum atomic E-state index is -1.02. The number of rotatable bonds is 3. The molecule has 5 nitrogen and oxygen atoms in total. The molecule has 1 aliphatic rings. The molecule has 5 heteroatoms. The van der Waals surface area contributed by atoms with Crippen molar-refractivity contribution in [1.29, 1.82) is 0 Å². The molecule has 0 aromatic rings. The fourth-order valence-electron chi connectivity index (χ4n) is 1.91. The van der Waals surface area contributed by atoms with Crippen molar-refractivity contribution in [3.8, 4) is 0 Å². The molecule has 0 bridgehead atoms. The maximum Gasteiger partial charge on any atom is 0.325 e. The van der Waals surface area contributed by atoms with E-state index in [0.717, 1.165) is 25.7 Å². The Hall–Kier alpha value is -1.26. The molecule has 0 heterocycles. The standard InChI is InChI=1S/C11H20N2O3/c1-8(10(14)15)12-11(16)13-9-6-4-2-3-5-7-9/h8-9H,2-7H2,1H3,(H,14,15)(H2,12,13,16)/t8-/m0/s1. The number of amides is 2. The summed E-state index contributed by atoms with van der Waals surface area (Å²) >= 11 is 0. The number of urea groups is 1. The second kappa shape index (κ2) is 6.35. The van der Waals surface area contributed by atoms with Crippen LogP contribution in [0.1, 0.15) is 45.4 Å². The molecule has 1 saturated carbocycles. The third kappa shape index (κ3) is 4.51. The van der Waals surface area contributed by atoms with Crippen molar-refractivity contribution in [2.45, 2.75) is 57.5 Å². The zero-order valence-corrected chi connectivity index (χ0v) is 9.66. The van der Waals surface area contributed by atoms with E-state index < -0.39 is 12.0 Å². The lowest BCUT2D eigenvalue weighted by molar-refractivity contribution is -0.138. The van der Waals surface area contributed by atoms with Crippen LogP contribution >= 0.6 is 0 Å². The highest BCUT2D eigenvalue weighted by Crippen LogP contribution is 2.16. The van der Waals surface area contributed by atoms with Gasteiger partial charge in [0.05, 0.1) is 0 Å². The molecule has 0 radical (unpaired) electrons. The van der Waals surface area contributed by atoms with Crippen LogP contribution in [-0.2, 0) is 4.79 Å². The van der Waals surface area contributed by atoms with Gasteiger partial charge in [0.2, 0.25) is 0 Å². The largest absolute Gasteiger partial charge is 0.480 e. The maximum absolute atomic E-state index is 11.5. The van der Waals surface area contributed by atoms with Crippen LogP contribution in [0.3, 0.4) is 0 Å². The van der Waals surface area contributed by atoms with Gasteiger partial charge in [-0.25, -0.2) is 4.79 Å². The van der Waals surface area contributed by atoms with Crippen LogP contribution in [0.5, 0.6) is 0 Å². The Morgan fingerprint density at radius 1 is 1.19 bits per heavy atom. The van der Waals surface area contributed by atoms with Gasteiger partial charge in [-0.1, -0.05) is 25.7 Å². The molecule has 92 valence electrons. The van der Waals surface area contributed by atoms with E-state index in [-0.39, 0.29) is 12.1 Å². The van der Waals surface area contributed by atoms with E-state index in [4.69, 9.17) is 5.11 Å². The Bertz CT molecular complexity index is 248. The van der Waals surface area contributed by atoms with Crippen molar-refractivity contribution in [2.75, 3.05) is 0 Å². The van der Waals surface area contributed by atoms with E-state index in [1.54, 1.807) is 0 Å². The normalized spacial score (nSPS) is 19.6. The predicted molar refractivity (Wildman–Crippen MR) is 60.3 cm³/mol. The van der Waals surface area contributed by atoms with Crippen LogP contribution < -0.4 is 10.6 Å². The number of hydrogen-bond donors (Lipinski definition) is 3. The lowest BCUT2D eigenvalue weighted by atomic mass is 10.1. The molecule has 1 atom stereocenters. The van der Waals surface area contributed by atoms with Gasteiger partial charge in [0.15, 0.2) is 0 Å². The molecule has 1 aliphatic carbocycles. The van der Waals surface area contributed by atoms with E-state index >= 15 is 0 Å². The summed E-state index contributed by atoms with van der Waals surface area (Å²) in [5.41, 5.74) is 0. The van der Waals surface area contributed by atoms with Gasteiger partial charge >= 0.3 is 12.0 Å². The van der Waals surface area contributed by atoms with Gasteiger partial charge in [-0.3, -0.25) is 4.79 Å². The van der Waals surface area contributed by atoms with Gasteiger partial charge in [0.25, 0.3) is 0 Å². The van der Waals surface area contributed by atoms with Crippen LogP contribution in [0.25, 0.3) is 0 Å². The van der Waals surface area contributed by atoms with Crippen LogP contribution in [0.15, 0.2) is 0 Å². The summed E-state index contributed by atoms with van der Waals surface area (Å²) in [6.45, 7) is 1.45. The Morgan fingerprint density at radius 2 is 1.75 bits per heavy atom. The van der Waals surface area contributed by atoms with E-state index in [2.05, 4.69) is 10.6 Å². The quantitative estimate of drug-likeness (QED) is 0.640. The third-order valence-corrected chi connectivity index (χ3v) is 2.91. The summed E-state index contributed by atoms with van der Waals surface area (Å²) in [5, 5.41) is 13.9. The molecule has 3 N–H and O–H groups in total. The van der Waals surface area contributed by atoms with Gasteiger partial charge in [-0.15, -0.1) is 0 Å². The van der Waals surface area contributed by atoms with E-state index in [0.29, 0.717) is 0 Å². The third-order valence-electron chi connectivity index (χ3n) is 2.91. The SMILES string of the molecule is C[C@H](NC(=O)NC1CCCCCC1)C(=O)O. The van der Waals surface area contributed by atoms with Gasteiger partial charge < -0.3 is 15.7 Å². The Morgan fingerprint density at radius 3 is 2.25 bits per heavy atom. The number of carbonyl (C=O) groups is 2. The van der Waals surface area contributed by atoms with Gasteiger partial charge in [-0.05, 0) is 19.8 Å². The summed E-state index contributed by atoms with van der Waals surface area (Å²) < 4.78 is 0. The molecule has 0 aromatic heterocycles. The molecule has 0 aromatic carbocycles. The fraction of sp³-hybridized carbons (Fsp3) is 0.818. The molecule has 0 saturated heterocycles. The second-order valence-electron chi connectivity index (χ2n) is 4.37. The monoisotopic (exact) mass is 228 g/mol. The lowest BCUT2D eigenvalue weighted by Gasteiger charge is -2.18. The number of carbonyl (C=O) groups excluding carboxylic acids is 1. The van der Waals surface area contributed by atoms with Crippen LogP contribution in [0.4, 0.5) is 4.79 Å². The molecular weight excluding hydrogens is 208 g/mol. The minimum absolute atomic E-state index is 0.198. The zero-order valence-electron chi connectivity index (χ0n) is 9.66. The first kappa shape index (κ1) is 12.8. The number of carboxylic acid groups (broad SMARTS) is 1. The van der Waals surface area contributed by atoms with Crippen molar-refractivity contribution in [3.63, 3.8) is 0 Å². The zero-order chi connectivity index (χ0) is 12.0. The first-order valence-electron chi connectivity index (χ1n) is 5.89. The number of aliphatic carboxylic acids is 1. The van der Waals surface area contributed by atoms with E-state index in [1.165, 1.54) is 19.8 Å². The van der Waals surface area contributed by atoms with Crippen LogP contribution in [0, 0.1) is 0 Å². The second-order valence-corrected chi connectivity index (χ2v) is 4.37. The molecule has 0 spiro atoms. The molecular formula is C11H20N2O3. The number of nitrogens with one attached hydrogen (secondary N) is 2. The van der Waals surface area contributed by atoms with E-state index in [1.807, 2.05) is 0 Å². The number of hydrogen-bond acceptors (Lipinski definition) is 2. The smallest absolute Gasteiger partial charge is 0.325 e. The minimum Gasteiger partial charge on any atom is -0.480 e. The molecule has 1 rings (SSSR count). The van der Waals surface area contributed by atoms with Crippen molar-refractivity contribution < 1.29 is 14.7 Å². The highest BCUT2D eigenvalue weighted by atomic mass is 16.4. The Labute approximate surface area is 95.6 Å². The summed E-state index contributed by atoms with van der Waals surface area (Å²) in [5.74, 6) is -1.02. The molecule has 1 fully saturated rings. The Kier molecular flexibility index (Phi) is 5.08. The molecule has 0 aliphatic heterocycles. The summed E-state index contributed by atoms with van der Waals surface area (Å²) in [6, 6.07) is -1.02.